The van der Waals surface area contributed by atoms with E-state index in [0.717, 1.165) is 12.1 Å². The van der Waals surface area contributed by atoms with Gasteiger partial charge in [0.05, 0.1) is 30.4 Å². The summed E-state index contributed by atoms with van der Waals surface area (Å²) in [6.07, 6.45) is -1.35. The van der Waals surface area contributed by atoms with E-state index in [4.69, 9.17) is 33.1 Å². The van der Waals surface area contributed by atoms with Gasteiger partial charge >= 0.3 is 12.1 Å². The van der Waals surface area contributed by atoms with E-state index in [-0.39, 0.29) is 36.1 Å². The maximum Gasteiger partial charge on any atom is 0.410 e. The second-order valence-electron chi connectivity index (χ2n) is 16.7. The number of carbonyl (C=O) groups excluding carboxylic acids is 2. The normalized spacial score (nSPS) is 47.0. The van der Waals surface area contributed by atoms with E-state index in [1.807, 2.05) is 34.6 Å². The molecule has 0 aromatic rings. The molecule has 5 aliphatic heterocycles. The molecule has 0 radical (unpaired) electrons. The van der Waals surface area contributed by atoms with Gasteiger partial charge in [-0.2, -0.15) is 0 Å². The summed E-state index contributed by atoms with van der Waals surface area (Å²) in [5.41, 5.74) is -1.21. The highest BCUT2D eigenvalue weighted by atomic mass is 28.4. The molecule has 0 spiro atoms. The second kappa shape index (κ2) is 13.2. The van der Waals surface area contributed by atoms with Gasteiger partial charge in [0.25, 0.3) is 0 Å². The Balaban J connectivity index is 1.58. The lowest BCUT2D eigenvalue weighted by atomic mass is 9.74. The van der Waals surface area contributed by atoms with Crippen LogP contribution >= 0.6 is 0 Å². The molecule has 48 heavy (non-hydrogen) atoms. The molecular weight excluding hydrogens is 634 g/mol. The summed E-state index contributed by atoms with van der Waals surface area (Å²) in [6, 6.07) is -0.332. The molecule has 0 aliphatic carbocycles. The molecule has 4 fully saturated rings. The van der Waals surface area contributed by atoms with Crippen LogP contribution in [0.4, 0.5) is 4.79 Å². The van der Waals surface area contributed by atoms with Crippen molar-refractivity contribution in [3.63, 3.8) is 0 Å². The molecule has 5 heterocycles. The first-order valence-corrected chi connectivity index (χ1v) is 21.4. The predicted octanol–water partition coefficient (Wildman–Crippen LogP) is 4.44. The van der Waals surface area contributed by atoms with Crippen molar-refractivity contribution in [2.75, 3.05) is 27.2 Å². The van der Waals surface area contributed by atoms with Gasteiger partial charge in [-0.15, -0.1) is 0 Å². The molecule has 274 valence electrons. The molecule has 5 rings (SSSR count). The first kappa shape index (κ1) is 37.6. The van der Waals surface area contributed by atoms with Crippen molar-refractivity contribution < 1.29 is 42.8 Å². The molecule has 13 heteroatoms. The van der Waals surface area contributed by atoms with Crippen LogP contribution in [0.15, 0.2) is 4.99 Å². The second-order valence-corrected chi connectivity index (χ2v) is 21.2. The summed E-state index contributed by atoms with van der Waals surface area (Å²) in [5, 5.41) is 12.5. The highest BCUT2D eigenvalue weighted by molar-refractivity contribution is 6.69. The highest BCUT2D eigenvalue weighted by Gasteiger charge is 2.66. The van der Waals surface area contributed by atoms with E-state index in [1.54, 1.807) is 11.8 Å². The minimum absolute atomic E-state index is 0.0553. The number of cyclic esters (lactones) is 1. The lowest BCUT2D eigenvalue weighted by Crippen LogP contribution is -2.60. The van der Waals surface area contributed by atoms with Crippen molar-refractivity contribution in [2.45, 2.75) is 154 Å². The predicted molar refractivity (Wildman–Crippen MR) is 183 cm³/mol. The molecule has 1 N–H and O–H groups in total. The number of ether oxygens (including phenoxy) is 5. The Morgan fingerprint density at radius 2 is 1.77 bits per heavy atom. The number of esters is 1. The number of hydrogen-bond donors (Lipinski definition) is 1. The van der Waals surface area contributed by atoms with E-state index < -0.39 is 67.7 Å². The van der Waals surface area contributed by atoms with E-state index in [1.165, 1.54) is 0 Å². The van der Waals surface area contributed by atoms with Gasteiger partial charge < -0.3 is 38.1 Å². The van der Waals surface area contributed by atoms with Gasteiger partial charge in [-0.3, -0.25) is 14.7 Å². The van der Waals surface area contributed by atoms with Gasteiger partial charge in [-0.1, -0.05) is 27.7 Å². The van der Waals surface area contributed by atoms with Crippen LogP contribution in [0.2, 0.25) is 19.6 Å². The maximum atomic E-state index is 14.1. The number of carbonyl (C=O) groups is 2. The number of fused-ring (bicyclic) bond motifs is 3. The van der Waals surface area contributed by atoms with Crippen molar-refractivity contribution >= 4 is 26.1 Å². The number of hydrogen-bond acceptors (Lipinski definition) is 11. The largest absolute Gasteiger partial charge is 0.458 e. The Morgan fingerprint density at radius 3 is 2.38 bits per heavy atom. The lowest BCUT2D eigenvalue weighted by Gasteiger charge is -2.47. The van der Waals surface area contributed by atoms with Crippen LogP contribution in [0.3, 0.4) is 0 Å². The Morgan fingerprint density at radius 1 is 1.10 bits per heavy atom. The molecular formula is C35H61N3O9Si. The summed E-state index contributed by atoms with van der Waals surface area (Å²) < 4.78 is 39.4. The first-order valence-electron chi connectivity index (χ1n) is 18.0. The van der Waals surface area contributed by atoms with E-state index in [0.29, 0.717) is 25.9 Å². The maximum absolute atomic E-state index is 14.1. The van der Waals surface area contributed by atoms with Crippen LogP contribution in [0, 0.1) is 23.7 Å². The van der Waals surface area contributed by atoms with Gasteiger partial charge in [0.15, 0.2) is 26.0 Å². The monoisotopic (exact) mass is 695 g/mol. The SMILES string of the molecule is CC[C@H]1OC(=O)[C@H](C)[C@@]2(O)O[C@](C)(C[C@@H](C)C3=NCCN4C(=O)O[C@@]1(C)[C@@H]4[C@H]3C)[C@H](O[C@@H]1O[C@H](C)C[C@H](N(C)C)[C@H]1O[Si](C)(C)C)[C@@H]2C. The van der Waals surface area contributed by atoms with Crippen molar-refractivity contribution in [1.82, 2.24) is 9.80 Å². The molecule has 12 nitrogen and oxygen atoms in total. The van der Waals surface area contributed by atoms with Crippen molar-refractivity contribution in [3.05, 3.63) is 0 Å². The molecule has 1 amide bonds. The number of aliphatic imine (C=N–C) groups is 1. The quantitative estimate of drug-likeness (QED) is 0.315. The molecule has 4 bridgehead atoms. The van der Waals surface area contributed by atoms with E-state index in [9.17, 15) is 14.7 Å². The average molecular weight is 696 g/mol. The zero-order valence-corrected chi connectivity index (χ0v) is 32.4. The summed E-state index contributed by atoms with van der Waals surface area (Å²) in [6.45, 7) is 22.8. The molecule has 0 aromatic carbocycles. The Kier molecular flexibility index (Phi) is 10.3. The van der Waals surface area contributed by atoms with Crippen LogP contribution in [-0.2, 0) is 32.9 Å². The van der Waals surface area contributed by atoms with Gasteiger partial charge in [0.2, 0.25) is 0 Å². The topological polar surface area (TPSA) is 129 Å². The van der Waals surface area contributed by atoms with E-state index >= 15 is 0 Å². The minimum Gasteiger partial charge on any atom is -0.458 e. The van der Waals surface area contributed by atoms with Crippen LogP contribution < -0.4 is 0 Å². The Bertz CT molecular complexity index is 1260. The van der Waals surface area contributed by atoms with E-state index in [2.05, 4.69) is 52.5 Å². The molecule has 14 atom stereocenters. The number of nitrogens with zero attached hydrogens (tertiary/aromatic N) is 3. The molecule has 0 unspecified atom stereocenters. The fourth-order valence-corrected chi connectivity index (χ4v) is 10.5. The van der Waals surface area contributed by atoms with Crippen molar-refractivity contribution in [2.24, 2.45) is 28.7 Å². The van der Waals surface area contributed by atoms with Crippen molar-refractivity contribution in [1.29, 1.82) is 0 Å². The number of amides is 1. The third-order valence-corrected chi connectivity index (χ3v) is 12.6. The summed E-state index contributed by atoms with van der Waals surface area (Å²) in [7, 11) is 2.06. The summed E-state index contributed by atoms with van der Waals surface area (Å²) >= 11 is 0. The zero-order chi connectivity index (χ0) is 35.7. The Labute approximate surface area is 288 Å². The Hall–Kier alpha value is -1.61. The average Bonchev–Trinajstić information content (AvgIpc) is 3.23. The third kappa shape index (κ3) is 6.50. The number of rotatable bonds is 6. The van der Waals surface area contributed by atoms with Gasteiger partial charge in [-0.05, 0) is 86.6 Å². The smallest absolute Gasteiger partial charge is 0.410 e. The third-order valence-electron chi connectivity index (χ3n) is 11.6. The minimum atomic E-state index is -2.04. The number of aliphatic hydroxyl groups is 1. The van der Waals surface area contributed by atoms with Gasteiger partial charge in [0.1, 0.15) is 18.1 Å². The molecule has 0 saturated carbocycles. The van der Waals surface area contributed by atoms with Crippen LogP contribution in [-0.4, -0.2) is 128 Å². The standard InChI is InChI=1S/C35H61N3O9Si/c1-14-25-34(8)28-21(4)26(36-15-16-38(28)32(40)45-34)19(2)18-33(7)29(22(5)35(41,47-33)23(6)30(39)43-25)44-31-27(46-48(11,12)13)24(37(9)10)17-20(3)42-31/h19-25,27-29,31,41H,14-18H2,1-13H3/t19-,20-,21+,22+,23+,24+,25-,27-,28+,29-,31+,33-,34-,35+/m1/s1. The van der Waals surface area contributed by atoms with Gasteiger partial charge in [-0.25, -0.2) is 4.79 Å². The molecule has 5 aliphatic rings. The van der Waals surface area contributed by atoms with Crippen LogP contribution in [0.5, 0.6) is 0 Å². The van der Waals surface area contributed by atoms with Crippen LogP contribution in [0.1, 0.15) is 74.7 Å². The zero-order valence-electron chi connectivity index (χ0n) is 31.4. The first-order chi connectivity index (χ1) is 22.2. The fourth-order valence-electron chi connectivity index (χ4n) is 9.40. The highest BCUT2D eigenvalue weighted by Crippen LogP contribution is 2.52. The van der Waals surface area contributed by atoms with Crippen molar-refractivity contribution in [3.8, 4) is 0 Å². The number of likely N-dealkylation sites (N-methyl/N-ethyl adjacent to an activating group) is 1. The summed E-state index contributed by atoms with van der Waals surface area (Å²) in [4.78, 5) is 36.3. The molecule has 4 saturated heterocycles. The van der Waals surface area contributed by atoms with Gasteiger partial charge in [0, 0.05) is 30.1 Å². The fraction of sp³-hybridized carbons (Fsp3) is 0.914. The lowest BCUT2D eigenvalue weighted by molar-refractivity contribution is -0.282. The summed E-state index contributed by atoms with van der Waals surface area (Å²) in [5.74, 6) is -4.57. The van der Waals surface area contributed by atoms with Crippen LogP contribution in [0.25, 0.3) is 0 Å². The molecule has 0 aromatic heterocycles.